The quantitative estimate of drug-likeness (QED) is 0.244. The first-order valence-corrected chi connectivity index (χ1v) is 15.7. The van der Waals surface area contributed by atoms with E-state index in [0.29, 0.717) is 23.5 Å². The van der Waals surface area contributed by atoms with Crippen LogP contribution in [0.15, 0.2) is 0 Å². The minimum atomic E-state index is 0.477. The highest BCUT2D eigenvalue weighted by molar-refractivity contribution is 5.00. The fraction of sp³-hybridized carbons (Fsp3) is 1.00. The van der Waals surface area contributed by atoms with E-state index in [0.717, 1.165) is 55.2 Å². The van der Waals surface area contributed by atoms with Crippen LogP contribution >= 0.6 is 0 Å². The maximum Gasteiger partial charge on any atom is 0.0594 e. The Labute approximate surface area is 219 Å². The summed E-state index contributed by atoms with van der Waals surface area (Å²) in [6, 6.07) is 0. The van der Waals surface area contributed by atoms with Gasteiger partial charge in [-0.2, -0.15) is 0 Å². The summed E-state index contributed by atoms with van der Waals surface area (Å²) >= 11 is 0. The smallest absolute Gasteiger partial charge is 0.0594 e. The highest BCUT2D eigenvalue weighted by atomic mass is 16.5. The molecular weight excluding hydrogens is 428 g/mol. The average Bonchev–Trinajstić information content (AvgIpc) is 3.20. The Morgan fingerprint density at radius 2 is 1.80 bits per heavy atom. The zero-order chi connectivity index (χ0) is 25.5. The van der Waals surface area contributed by atoms with Gasteiger partial charge in [-0.1, -0.05) is 73.6 Å². The molecule has 3 heteroatoms. The van der Waals surface area contributed by atoms with Gasteiger partial charge in [-0.25, -0.2) is 0 Å². The van der Waals surface area contributed by atoms with Crippen molar-refractivity contribution in [3.8, 4) is 0 Å². The van der Waals surface area contributed by atoms with Crippen LogP contribution in [-0.2, 0) is 4.74 Å². The molecule has 0 unspecified atom stereocenters. The lowest BCUT2D eigenvalue weighted by Gasteiger charge is -2.55. The second kappa shape index (κ2) is 13.6. The van der Waals surface area contributed by atoms with E-state index in [1.54, 1.807) is 0 Å². The maximum absolute atomic E-state index is 6.33. The molecule has 3 nitrogen and oxygen atoms in total. The number of hydrogen-bond acceptors (Lipinski definition) is 3. The molecule has 3 aliphatic carbocycles. The number of hydrogen-bond donors (Lipinski definition) is 2. The summed E-state index contributed by atoms with van der Waals surface area (Å²) in [5, 5.41) is 3.38. The van der Waals surface area contributed by atoms with Crippen molar-refractivity contribution in [2.75, 3.05) is 26.2 Å². The molecule has 0 saturated heterocycles. The van der Waals surface area contributed by atoms with E-state index in [1.807, 2.05) is 0 Å². The Balaban J connectivity index is 1.54. The first-order valence-electron chi connectivity index (χ1n) is 15.7. The maximum atomic E-state index is 6.33. The molecule has 3 fully saturated rings. The summed E-state index contributed by atoms with van der Waals surface area (Å²) in [4.78, 5) is 0. The van der Waals surface area contributed by atoms with Crippen molar-refractivity contribution in [3.05, 3.63) is 0 Å². The Morgan fingerprint density at radius 3 is 2.54 bits per heavy atom. The molecule has 0 aliphatic heterocycles. The largest absolute Gasteiger partial charge is 0.377 e. The van der Waals surface area contributed by atoms with Crippen molar-refractivity contribution in [2.45, 2.75) is 131 Å². The highest BCUT2D eigenvalue weighted by Crippen LogP contribution is 2.59. The van der Waals surface area contributed by atoms with Gasteiger partial charge in [0.05, 0.1) is 12.7 Å². The second-order valence-corrected chi connectivity index (χ2v) is 14.2. The van der Waals surface area contributed by atoms with Gasteiger partial charge >= 0.3 is 0 Å². The van der Waals surface area contributed by atoms with Gasteiger partial charge in [0.1, 0.15) is 0 Å². The molecule has 3 N–H and O–H groups in total. The van der Waals surface area contributed by atoms with Crippen molar-refractivity contribution < 1.29 is 4.74 Å². The van der Waals surface area contributed by atoms with Crippen LogP contribution in [0.1, 0.15) is 125 Å². The van der Waals surface area contributed by atoms with Gasteiger partial charge in [-0.3, -0.25) is 0 Å². The van der Waals surface area contributed by atoms with Gasteiger partial charge in [0.15, 0.2) is 0 Å². The Bertz CT molecular complexity index is 608. The standard InChI is InChI=1S/C32H62N2O/c1-24(2)9-7-10-25(3)29-11-8-16-31(29,5)17-15-30-26(4)12-13-27-23-28(14-18-32(27,30)6)35-22-21-34-20-19-33/h24-30,34H,7-23,33H2,1-6H3/t25-,26-,27+,28+,29-,30+,31-,32+/m1/s1. The molecule has 0 aromatic heterocycles. The van der Waals surface area contributed by atoms with Crippen LogP contribution in [0.25, 0.3) is 0 Å². The molecule has 0 aromatic rings. The van der Waals surface area contributed by atoms with Crippen LogP contribution in [0.2, 0.25) is 0 Å². The highest BCUT2D eigenvalue weighted by Gasteiger charge is 2.50. The normalized spacial score (nSPS) is 38.6. The number of nitrogens with two attached hydrogens (primary N) is 1. The van der Waals surface area contributed by atoms with Crippen LogP contribution in [0.5, 0.6) is 0 Å². The van der Waals surface area contributed by atoms with Gasteiger partial charge in [-0.15, -0.1) is 0 Å². The zero-order valence-corrected chi connectivity index (χ0v) is 24.5. The first kappa shape index (κ1) is 29.4. The van der Waals surface area contributed by atoms with E-state index in [1.165, 1.54) is 83.5 Å². The van der Waals surface area contributed by atoms with E-state index >= 15 is 0 Å². The zero-order valence-electron chi connectivity index (χ0n) is 24.5. The van der Waals surface area contributed by atoms with Crippen molar-refractivity contribution >= 4 is 0 Å². The minimum Gasteiger partial charge on any atom is -0.377 e. The van der Waals surface area contributed by atoms with E-state index in [-0.39, 0.29) is 0 Å². The lowest BCUT2D eigenvalue weighted by atomic mass is 9.51. The van der Waals surface area contributed by atoms with Gasteiger partial charge < -0.3 is 15.8 Å². The number of fused-ring (bicyclic) bond motifs is 1. The van der Waals surface area contributed by atoms with Crippen molar-refractivity contribution in [1.82, 2.24) is 5.32 Å². The monoisotopic (exact) mass is 490 g/mol. The first-order chi connectivity index (χ1) is 16.7. The van der Waals surface area contributed by atoms with Crippen molar-refractivity contribution in [2.24, 2.45) is 52.1 Å². The number of rotatable bonds is 14. The molecule has 206 valence electrons. The predicted molar refractivity (Wildman–Crippen MR) is 152 cm³/mol. The summed E-state index contributed by atoms with van der Waals surface area (Å²) in [5.74, 6) is 5.37. The van der Waals surface area contributed by atoms with Gasteiger partial charge in [-0.05, 0) is 97.7 Å². The molecule has 35 heavy (non-hydrogen) atoms. The number of nitrogens with one attached hydrogen (secondary N) is 1. The molecule has 0 heterocycles. The van der Waals surface area contributed by atoms with Crippen molar-refractivity contribution in [3.63, 3.8) is 0 Å². The molecule has 3 aliphatic rings. The molecule has 0 aromatic carbocycles. The SMILES string of the molecule is CC(C)CCC[C@@H](C)[C@H]1CCC[C@]1(C)CC[C@H]1[C@H](C)CC[C@H]2C[C@@H](OCCNCCN)CC[C@@]21C. The third-order valence-corrected chi connectivity index (χ3v) is 11.3. The van der Waals surface area contributed by atoms with Crippen LogP contribution < -0.4 is 11.1 Å². The molecule has 0 amide bonds. The van der Waals surface area contributed by atoms with Gasteiger partial charge in [0, 0.05) is 19.6 Å². The molecule has 3 saturated carbocycles. The third-order valence-electron chi connectivity index (χ3n) is 11.3. The van der Waals surface area contributed by atoms with E-state index in [2.05, 4.69) is 46.9 Å². The number of ether oxygens (including phenoxy) is 1. The molecule has 0 radical (unpaired) electrons. The van der Waals surface area contributed by atoms with E-state index < -0.39 is 0 Å². The molecule has 0 bridgehead atoms. The van der Waals surface area contributed by atoms with Crippen LogP contribution in [-0.4, -0.2) is 32.3 Å². The van der Waals surface area contributed by atoms with Crippen LogP contribution in [0, 0.1) is 46.3 Å². The lowest BCUT2D eigenvalue weighted by Crippen LogP contribution is -2.48. The summed E-state index contributed by atoms with van der Waals surface area (Å²) in [7, 11) is 0. The molecular formula is C32H62N2O. The fourth-order valence-electron chi connectivity index (χ4n) is 9.00. The third kappa shape index (κ3) is 7.70. The van der Waals surface area contributed by atoms with Crippen LogP contribution in [0.4, 0.5) is 0 Å². The minimum absolute atomic E-state index is 0.477. The van der Waals surface area contributed by atoms with Gasteiger partial charge in [0.2, 0.25) is 0 Å². The topological polar surface area (TPSA) is 47.3 Å². The lowest BCUT2D eigenvalue weighted by molar-refractivity contribution is -0.0922. The summed E-state index contributed by atoms with van der Waals surface area (Å²) < 4.78 is 6.33. The van der Waals surface area contributed by atoms with E-state index in [9.17, 15) is 0 Å². The average molecular weight is 491 g/mol. The Morgan fingerprint density at radius 1 is 1.00 bits per heavy atom. The summed E-state index contributed by atoms with van der Waals surface area (Å²) in [6.07, 6.45) is 18.9. The Hall–Kier alpha value is -0.120. The summed E-state index contributed by atoms with van der Waals surface area (Å²) in [5.41, 5.74) is 6.70. The van der Waals surface area contributed by atoms with Gasteiger partial charge in [0.25, 0.3) is 0 Å². The molecule has 3 rings (SSSR count). The summed E-state index contributed by atoms with van der Waals surface area (Å²) in [6.45, 7) is 18.7. The van der Waals surface area contributed by atoms with E-state index in [4.69, 9.17) is 10.5 Å². The predicted octanol–water partition coefficient (Wildman–Crippen LogP) is 7.82. The molecule has 8 atom stereocenters. The molecule has 0 spiro atoms. The van der Waals surface area contributed by atoms with Crippen LogP contribution in [0.3, 0.4) is 0 Å². The second-order valence-electron chi connectivity index (χ2n) is 14.2. The Kier molecular flexibility index (Phi) is 11.4. The fourth-order valence-corrected chi connectivity index (χ4v) is 9.00. The van der Waals surface area contributed by atoms with Crippen molar-refractivity contribution in [1.29, 1.82) is 0 Å².